The van der Waals surface area contributed by atoms with Gasteiger partial charge in [-0.1, -0.05) is 84.9 Å². The van der Waals surface area contributed by atoms with Crippen LogP contribution in [0.4, 0.5) is 0 Å². The number of methoxy groups -OCH3 is 2. The molecule has 232 valence electrons. The number of rotatable bonds is 14. The predicted molar refractivity (Wildman–Crippen MR) is 165 cm³/mol. The molecule has 2 N–H and O–H groups in total. The molecule has 8 heteroatoms. The summed E-state index contributed by atoms with van der Waals surface area (Å²) in [4.78, 5) is 0. The lowest BCUT2D eigenvalue weighted by Crippen LogP contribution is -2.66. The summed E-state index contributed by atoms with van der Waals surface area (Å²) in [6.45, 7) is 0.883. The zero-order valence-electron chi connectivity index (χ0n) is 25.0. The van der Waals surface area contributed by atoms with Gasteiger partial charge in [0.1, 0.15) is 48.1 Å². The fourth-order valence-corrected chi connectivity index (χ4v) is 5.28. The highest BCUT2D eigenvalue weighted by molar-refractivity contribution is 5.27. The van der Waals surface area contributed by atoms with Gasteiger partial charge in [-0.15, -0.1) is 0 Å². The van der Waals surface area contributed by atoms with Gasteiger partial charge in [0.05, 0.1) is 40.6 Å². The molecule has 1 fully saturated rings. The molecule has 4 aromatic rings. The van der Waals surface area contributed by atoms with E-state index in [-0.39, 0.29) is 26.4 Å². The van der Waals surface area contributed by atoms with Crippen molar-refractivity contribution in [3.63, 3.8) is 0 Å². The highest BCUT2D eigenvalue weighted by Gasteiger charge is 2.52. The van der Waals surface area contributed by atoms with E-state index in [1.807, 2.05) is 109 Å². The van der Waals surface area contributed by atoms with E-state index in [0.29, 0.717) is 0 Å². The molecule has 1 aliphatic carbocycles. The topological polar surface area (TPSA) is 95.8 Å². The van der Waals surface area contributed by atoms with E-state index in [0.717, 1.165) is 33.8 Å². The fraction of sp³-hybridized carbons (Fsp3) is 0.333. The van der Waals surface area contributed by atoms with E-state index < -0.39 is 36.6 Å². The van der Waals surface area contributed by atoms with Crippen LogP contribution in [-0.4, -0.2) is 61.1 Å². The second-order valence-corrected chi connectivity index (χ2v) is 10.8. The van der Waals surface area contributed by atoms with Gasteiger partial charge in [-0.25, -0.2) is 0 Å². The number of aliphatic hydroxyl groups excluding tert-OH is 2. The monoisotopic (exact) mass is 600 g/mol. The van der Waals surface area contributed by atoms with Crippen molar-refractivity contribution in [3.8, 4) is 11.5 Å². The fourth-order valence-electron chi connectivity index (χ4n) is 5.28. The van der Waals surface area contributed by atoms with Crippen LogP contribution >= 0.6 is 0 Å². The van der Waals surface area contributed by atoms with Crippen LogP contribution in [0.15, 0.2) is 109 Å². The molecule has 0 aromatic heterocycles. The molecular formula is C36H40O8. The summed E-state index contributed by atoms with van der Waals surface area (Å²) < 4.78 is 36.2. The van der Waals surface area contributed by atoms with E-state index in [4.69, 9.17) is 28.4 Å². The number of aliphatic hydroxyl groups is 2. The summed E-state index contributed by atoms with van der Waals surface area (Å²) in [7, 11) is 3.23. The van der Waals surface area contributed by atoms with Crippen molar-refractivity contribution >= 4 is 0 Å². The third-order valence-electron chi connectivity index (χ3n) is 7.77. The quantitative estimate of drug-likeness (QED) is 0.207. The molecule has 0 spiro atoms. The molecule has 6 atom stereocenters. The van der Waals surface area contributed by atoms with Gasteiger partial charge >= 0.3 is 0 Å². The van der Waals surface area contributed by atoms with Gasteiger partial charge in [-0.05, 0) is 46.5 Å². The average molecular weight is 601 g/mol. The Labute approximate surface area is 258 Å². The van der Waals surface area contributed by atoms with E-state index in [1.165, 1.54) is 0 Å². The van der Waals surface area contributed by atoms with Gasteiger partial charge in [0.2, 0.25) is 0 Å². The molecule has 0 radical (unpaired) electrons. The number of benzene rings is 4. The molecule has 1 aliphatic rings. The SMILES string of the molecule is COc1ccc(CO[C@H]2[C@H](OCc3ccccc3)[C@@H](OCc3ccc(OC)cc3)[C@H](O)[C@H](O)[C@@H]2OCc2ccccc2)cc1. The smallest absolute Gasteiger partial charge is 0.118 e. The number of hydrogen-bond acceptors (Lipinski definition) is 8. The highest BCUT2D eigenvalue weighted by atomic mass is 16.6. The van der Waals surface area contributed by atoms with Crippen molar-refractivity contribution in [3.05, 3.63) is 131 Å². The lowest BCUT2D eigenvalue weighted by Gasteiger charge is -2.47. The Morgan fingerprint density at radius 1 is 0.409 bits per heavy atom. The van der Waals surface area contributed by atoms with Crippen LogP contribution in [0.25, 0.3) is 0 Å². The zero-order valence-corrected chi connectivity index (χ0v) is 25.0. The van der Waals surface area contributed by atoms with Gasteiger partial charge in [0.15, 0.2) is 0 Å². The summed E-state index contributed by atoms with van der Waals surface area (Å²) in [6, 6.07) is 34.5. The second kappa shape index (κ2) is 15.8. The Morgan fingerprint density at radius 2 is 0.705 bits per heavy atom. The minimum atomic E-state index is -1.30. The molecule has 5 rings (SSSR count). The Kier molecular flexibility index (Phi) is 11.4. The lowest BCUT2D eigenvalue weighted by atomic mass is 9.84. The van der Waals surface area contributed by atoms with E-state index >= 15 is 0 Å². The summed E-state index contributed by atoms with van der Waals surface area (Å²) in [6.07, 6.45) is -5.94. The third kappa shape index (κ3) is 8.24. The minimum Gasteiger partial charge on any atom is -0.497 e. The Bertz CT molecular complexity index is 1380. The first-order valence-corrected chi connectivity index (χ1v) is 14.7. The van der Waals surface area contributed by atoms with E-state index in [1.54, 1.807) is 14.2 Å². The predicted octanol–water partition coefficient (Wildman–Crippen LogP) is 5.08. The summed E-state index contributed by atoms with van der Waals surface area (Å²) in [5.74, 6) is 1.47. The largest absolute Gasteiger partial charge is 0.497 e. The summed E-state index contributed by atoms with van der Waals surface area (Å²) >= 11 is 0. The average Bonchev–Trinajstić information content (AvgIpc) is 3.08. The molecule has 4 aromatic carbocycles. The number of ether oxygens (including phenoxy) is 6. The van der Waals surface area contributed by atoms with Crippen LogP contribution in [0, 0.1) is 0 Å². The molecule has 0 unspecified atom stereocenters. The maximum Gasteiger partial charge on any atom is 0.118 e. The zero-order chi connectivity index (χ0) is 30.7. The third-order valence-corrected chi connectivity index (χ3v) is 7.77. The first-order valence-electron chi connectivity index (χ1n) is 14.7. The molecule has 0 amide bonds. The van der Waals surface area contributed by atoms with Crippen molar-refractivity contribution in [1.82, 2.24) is 0 Å². The molecule has 0 heterocycles. The van der Waals surface area contributed by atoms with Crippen LogP contribution in [0.5, 0.6) is 11.5 Å². The van der Waals surface area contributed by atoms with Crippen LogP contribution in [-0.2, 0) is 45.4 Å². The van der Waals surface area contributed by atoms with Crippen LogP contribution in [0.1, 0.15) is 22.3 Å². The van der Waals surface area contributed by atoms with Gasteiger partial charge in [-0.3, -0.25) is 0 Å². The summed E-state index contributed by atoms with van der Waals surface area (Å²) in [5.41, 5.74) is 3.68. The highest BCUT2D eigenvalue weighted by Crippen LogP contribution is 2.33. The Balaban J connectivity index is 1.42. The van der Waals surface area contributed by atoms with Crippen molar-refractivity contribution < 1.29 is 38.6 Å². The molecule has 8 nitrogen and oxygen atoms in total. The van der Waals surface area contributed by atoms with Gasteiger partial charge in [-0.2, -0.15) is 0 Å². The van der Waals surface area contributed by atoms with Gasteiger partial charge < -0.3 is 38.6 Å². The van der Waals surface area contributed by atoms with Gasteiger partial charge in [0, 0.05) is 0 Å². The Morgan fingerprint density at radius 3 is 1.02 bits per heavy atom. The minimum absolute atomic E-state index is 0.185. The molecule has 1 saturated carbocycles. The van der Waals surface area contributed by atoms with Crippen molar-refractivity contribution in [2.75, 3.05) is 14.2 Å². The normalized spacial score (nSPS) is 23.3. The first kappa shape index (κ1) is 31.7. The Hall–Kier alpha value is -3.76. The number of hydrogen-bond donors (Lipinski definition) is 2. The second-order valence-electron chi connectivity index (χ2n) is 10.8. The lowest BCUT2D eigenvalue weighted by molar-refractivity contribution is -0.273. The molecule has 0 bridgehead atoms. The first-order chi connectivity index (χ1) is 21.6. The summed E-state index contributed by atoms with van der Waals surface area (Å²) in [5, 5.41) is 22.9. The van der Waals surface area contributed by atoms with Crippen LogP contribution < -0.4 is 9.47 Å². The molecular weight excluding hydrogens is 560 g/mol. The maximum absolute atomic E-state index is 11.5. The maximum atomic E-state index is 11.5. The van der Waals surface area contributed by atoms with Crippen molar-refractivity contribution in [2.24, 2.45) is 0 Å². The van der Waals surface area contributed by atoms with E-state index in [9.17, 15) is 10.2 Å². The molecule has 0 aliphatic heterocycles. The van der Waals surface area contributed by atoms with Crippen molar-refractivity contribution in [2.45, 2.75) is 63.1 Å². The molecule has 44 heavy (non-hydrogen) atoms. The van der Waals surface area contributed by atoms with E-state index in [2.05, 4.69) is 0 Å². The van der Waals surface area contributed by atoms with Crippen molar-refractivity contribution in [1.29, 1.82) is 0 Å². The van der Waals surface area contributed by atoms with Crippen LogP contribution in [0.3, 0.4) is 0 Å². The van der Waals surface area contributed by atoms with Crippen LogP contribution in [0.2, 0.25) is 0 Å². The standard InChI is InChI=1S/C36H40O8/c1-39-29-17-13-27(14-18-29)23-42-34-32(38)31(37)33(41-21-25-9-5-3-6-10-25)36(35(34)43-22-26-11-7-4-8-12-26)44-24-28-15-19-30(40-2)20-16-28/h3-20,31-38H,21-24H2,1-2H3/t31-,32+,33-,34-,35+,36+/m0/s1. The van der Waals surface area contributed by atoms with Gasteiger partial charge in [0.25, 0.3) is 0 Å². The molecule has 0 saturated heterocycles.